The Morgan fingerprint density at radius 1 is 0.946 bits per heavy atom. The Labute approximate surface area is 211 Å². The van der Waals surface area contributed by atoms with Crippen LogP contribution in [0.15, 0.2) is 53.4 Å². The van der Waals surface area contributed by atoms with E-state index in [1.807, 2.05) is 0 Å². The van der Waals surface area contributed by atoms with Crippen LogP contribution in [0.3, 0.4) is 0 Å². The zero-order valence-corrected chi connectivity index (χ0v) is 20.3. The van der Waals surface area contributed by atoms with Crippen molar-refractivity contribution >= 4 is 39.2 Å². The van der Waals surface area contributed by atoms with Crippen molar-refractivity contribution in [2.24, 2.45) is 5.73 Å². The number of aromatic nitrogens is 2. The SMILES string of the molecule is NC(=O)c1nn(-c2ccc(S(=O)(=O)O)cc2)c2c1CCN(c1ccc(N3CCCC(O)C3=O)cc1)C2=O. The first-order chi connectivity index (χ1) is 17.6. The van der Waals surface area contributed by atoms with Crippen molar-refractivity contribution in [3.63, 3.8) is 0 Å². The number of aliphatic hydroxyl groups excluding tert-OH is 1. The Morgan fingerprint density at radius 2 is 1.54 bits per heavy atom. The fraction of sp³-hybridized carbons (Fsp3) is 0.250. The van der Waals surface area contributed by atoms with Crippen molar-refractivity contribution in [2.75, 3.05) is 22.9 Å². The van der Waals surface area contributed by atoms with E-state index in [1.54, 1.807) is 24.3 Å². The highest BCUT2D eigenvalue weighted by molar-refractivity contribution is 7.85. The van der Waals surface area contributed by atoms with Gasteiger partial charge in [0.1, 0.15) is 11.8 Å². The lowest BCUT2D eigenvalue weighted by molar-refractivity contribution is -0.128. The van der Waals surface area contributed by atoms with E-state index in [0.29, 0.717) is 48.4 Å². The van der Waals surface area contributed by atoms with Crippen LogP contribution in [0, 0.1) is 0 Å². The summed E-state index contributed by atoms with van der Waals surface area (Å²) in [5, 5.41) is 14.1. The second kappa shape index (κ2) is 9.10. The highest BCUT2D eigenvalue weighted by Gasteiger charge is 2.35. The maximum absolute atomic E-state index is 13.6. The molecule has 0 spiro atoms. The summed E-state index contributed by atoms with van der Waals surface area (Å²) in [6.45, 7) is 0.743. The Morgan fingerprint density at radius 3 is 2.14 bits per heavy atom. The summed E-state index contributed by atoms with van der Waals surface area (Å²) in [5.41, 5.74) is 7.41. The van der Waals surface area contributed by atoms with Gasteiger partial charge in [-0.2, -0.15) is 13.5 Å². The lowest BCUT2D eigenvalue weighted by Gasteiger charge is -2.31. The molecule has 192 valence electrons. The van der Waals surface area contributed by atoms with Crippen LogP contribution >= 0.6 is 0 Å². The topological polar surface area (TPSA) is 176 Å². The number of carbonyl (C=O) groups is 3. The summed E-state index contributed by atoms with van der Waals surface area (Å²) in [6.07, 6.45) is 0.375. The number of nitrogens with zero attached hydrogens (tertiary/aromatic N) is 4. The van der Waals surface area contributed by atoms with E-state index in [1.165, 1.54) is 26.6 Å². The van der Waals surface area contributed by atoms with Gasteiger partial charge in [0.15, 0.2) is 5.69 Å². The number of fused-ring (bicyclic) bond motifs is 1. The molecule has 5 rings (SSSR count). The smallest absolute Gasteiger partial charge is 0.294 e. The van der Waals surface area contributed by atoms with Crippen LogP contribution in [-0.2, 0) is 21.3 Å². The Bertz CT molecular complexity index is 1510. The molecule has 37 heavy (non-hydrogen) atoms. The van der Waals surface area contributed by atoms with Crippen molar-refractivity contribution in [2.45, 2.75) is 30.3 Å². The number of amides is 3. The van der Waals surface area contributed by atoms with E-state index in [9.17, 15) is 32.5 Å². The van der Waals surface area contributed by atoms with Gasteiger partial charge in [0.25, 0.3) is 27.8 Å². The molecule has 0 bridgehead atoms. The third-order valence-corrected chi connectivity index (χ3v) is 7.38. The van der Waals surface area contributed by atoms with Gasteiger partial charge in [-0.05, 0) is 67.8 Å². The minimum absolute atomic E-state index is 0.0561. The summed E-state index contributed by atoms with van der Waals surface area (Å²) in [7, 11) is -4.42. The molecule has 3 aromatic rings. The van der Waals surface area contributed by atoms with Crippen LogP contribution < -0.4 is 15.5 Å². The molecule has 1 atom stereocenters. The first kappa shape index (κ1) is 24.6. The minimum Gasteiger partial charge on any atom is -0.383 e. The summed E-state index contributed by atoms with van der Waals surface area (Å²) in [6, 6.07) is 11.8. The zero-order chi connectivity index (χ0) is 26.5. The first-order valence-electron chi connectivity index (χ1n) is 11.5. The molecule has 0 aliphatic carbocycles. The van der Waals surface area contributed by atoms with Crippen molar-refractivity contribution in [1.29, 1.82) is 0 Å². The fourth-order valence-electron chi connectivity index (χ4n) is 4.68. The average molecular weight is 526 g/mol. The minimum atomic E-state index is -4.42. The number of hydrogen-bond acceptors (Lipinski definition) is 7. The highest BCUT2D eigenvalue weighted by Crippen LogP contribution is 2.31. The Hall–Kier alpha value is -4.07. The lowest BCUT2D eigenvalue weighted by Crippen LogP contribution is -2.44. The third kappa shape index (κ3) is 4.37. The van der Waals surface area contributed by atoms with Crippen LogP contribution in [0.5, 0.6) is 0 Å². The predicted octanol–water partition coefficient (Wildman–Crippen LogP) is 0.908. The van der Waals surface area contributed by atoms with E-state index in [2.05, 4.69) is 5.10 Å². The largest absolute Gasteiger partial charge is 0.383 e. The van der Waals surface area contributed by atoms with Gasteiger partial charge in [0.05, 0.1) is 10.6 Å². The number of piperidine rings is 1. The molecule has 4 N–H and O–H groups in total. The van der Waals surface area contributed by atoms with Crippen LogP contribution in [0.1, 0.15) is 39.4 Å². The molecule has 3 heterocycles. The molecule has 1 fully saturated rings. The average Bonchev–Trinajstić information content (AvgIpc) is 3.27. The molecular weight excluding hydrogens is 502 g/mol. The molecule has 2 aromatic carbocycles. The monoisotopic (exact) mass is 525 g/mol. The van der Waals surface area contributed by atoms with Crippen molar-refractivity contribution in [3.05, 3.63) is 65.5 Å². The van der Waals surface area contributed by atoms with Gasteiger partial charge in [0, 0.05) is 30.0 Å². The van der Waals surface area contributed by atoms with Gasteiger partial charge in [-0.25, -0.2) is 4.68 Å². The molecule has 1 aromatic heterocycles. The molecule has 1 unspecified atom stereocenters. The maximum Gasteiger partial charge on any atom is 0.294 e. The number of anilines is 2. The highest BCUT2D eigenvalue weighted by atomic mass is 32.2. The third-order valence-electron chi connectivity index (χ3n) is 6.51. The number of rotatable bonds is 5. The maximum atomic E-state index is 13.6. The molecule has 0 saturated carbocycles. The van der Waals surface area contributed by atoms with E-state index >= 15 is 0 Å². The summed E-state index contributed by atoms with van der Waals surface area (Å²) < 4.78 is 33.3. The van der Waals surface area contributed by atoms with E-state index < -0.39 is 28.0 Å². The quantitative estimate of drug-likeness (QED) is 0.412. The van der Waals surface area contributed by atoms with E-state index in [4.69, 9.17) is 5.73 Å². The molecule has 2 aliphatic heterocycles. The van der Waals surface area contributed by atoms with Gasteiger partial charge < -0.3 is 20.6 Å². The number of nitrogens with two attached hydrogens (primary N) is 1. The van der Waals surface area contributed by atoms with E-state index in [-0.39, 0.29) is 28.7 Å². The van der Waals surface area contributed by atoms with Gasteiger partial charge in [0.2, 0.25) is 0 Å². The summed E-state index contributed by atoms with van der Waals surface area (Å²) in [4.78, 5) is 40.7. The van der Waals surface area contributed by atoms with Crippen molar-refractivity contribution in [3.8, 4) is 5.69 Å². The molecular formula is C24H23N5O7S. The first-order valence-corrected chi connectivity index (χ1v) is 12.9. The van der Waals surface area contributed by atoms with Crippen LogP contribution in [0.4, 0.5) is 11.4 Å². The molecule has 3 amide bonds. The molecule has 0 radical (unpaired) electrons. The van der Waals surface area contributed by atoms with E-state index in [0.717, 1.165) is 12.1 Å². The molecule has 1 saturated heterocycles. The number of carbonyl (C=O) groups excluding carboxylic acids is 3. The number of benzene rings is 2. The molecule has 2 aliphatic rings. The zero-order valence-electron chi connectivity index (χ0n) is 19.4. The van der Waals surface area contributed by atoms with Crippen molar-refractivity contribution < 1.29 is 32.5 Å². The molecule has 12 nitrogen and oxygen atoms in total. The van der Waals surface area contributed by atoms with Gasteiger partial charge in [-0.15, -0.1) is 0 Å². The van der Waals surface area contributed by atoms with Gasteiger partial charge >= 0.3 is 0 Å². The number of hydrogen-bond donors (Lipinski definition) is 3. The normalized spacial score (nSPS) is 18.2. The number of aliphatic hydroxyl groups is 1. The van der Waals surface area contributed by atoms with Gasteiger partial charge in [-0.3, -0.25) is 18.9 Å². The number of primary amides is 1. The Balaban J connectivity index is 1.49. The van der Waals surface area contributed by atoms with Crippen LogP contribution in [0.2, 0.25) is 0 Å². The standard InChI is InChI=1S/C24H23N5O7S/c25-22(31)20-18-11-13-28(15-5-3-14(4-6-15)27-12-1-2-19(30)23(27)32)24(33)21(18)29(26-20)16-7-9-17(10-8-16)37(34,35)36/h3-10,19,30H,1-2,11-13H2,(H2,25,31)(H,34,35,36). The molecule has 13 heteroatoms. The fourth-order valence-corrected chi connectivity index (χ4v) is 5.16. The van der Waals surface area contributed by atoms with Crippen molar-refractivity contribution in [1.82, 2.24) is 9.78 Å². The Kier molecular flexibility index (Phi) is 6.06. The predicted molar refractivity (Wildman–Crippen MR) is 131 cm³/mol. The second-order valence-corrected chi connectivity index (χ2v) is 10.2. The summed E-state index contributed by atoms with van der Waals surface area (Å²) in [5.74, 6) is -1.61. The second-order valence-electron chi connectivity index (χ2n) is 8.79. The summed E-state index contributed by atoms with van der Waals surface area (Å²) >= 11 is 0. The van der Waals surface area contributed by atoms with Gasteiger partial charge in [-0.1, -0.05) is 0 Å². The van der Waals surface area contributed by atoms with Crippen LogP contribution in [0.25, 0.3) is 5.69 Å². The lowest BCUT2D eigenvalue weighted by atomic mass is 10.0. The van der Waals surface area contributed by atoms with Crippen LogP contribution in [-0.4, -0.2) is 64.8 Å².